The van der Waals surface area contributed by atoms with Gasteiger partial charge >= 0.3 is 0 Å². The van der Waals surface area contributed by atoms with Gasteiger partial charge in [0.15, 0.2) is 0 Å². The topological polar surface area (TPSA) is 0 Å². The highest BCUT2D eigenvalue weighted by Gasteiger charge is 2.20. The second kappa shape index (κ2) is 9.82. The predicted molar refractivity (Wildman–Crippen MR) is 150 cm³/mol. The van der Waals surface area contributed by atoms with E-state index < -0.39 is 0 Å². The Labute approximate surface area is 212 Å². The molecule has 34 heavy (non-hydrogen) atoms. The molecule has 0 amide bonds. The number of hydrogen-bond donors (Lipinski definition) is 0. The van der Waals surface area contributed by atoms with Gasteiger partial charge < -0.3 is 0 Å². The van der Waals surface area contributed by atoms with Crippen molar-refractivity contribution < 1.29 is 0 Å². The van der Waals surface area contributed by atoms with Crippen molar-refractivity contribution in [3.63, 3.8) is 0 Å². The molecule has 0 aliphatic carbocycles. The van der Waals surface area contributed by atoms with Crippen LogP contribution in [-0.4, -0.2) is 0 Å². The monoisotopic (exact) mass is 482 g/mol. The highest BCUT2D eigenvalue weighted by molar-refractivity contribution is 6.44. The lowest BCUT2D eigenvalue weighted by molar-refractivity contribution is 0.922. The van der Waals surface area contributed by atoms with E-state index >= 15 is 0 Å². The molecule has 0 N–H and O–H groups in total. The minimum absolute atomic E-state index is 0.724. The Hall–Kier alpha value is -2.80. The SMILES string of the molecule is CCCc1ccc(-c2c3ccccc3c(-c3ccc(CCC)cc3)c3c(Cl)ccc(Cl)c23)cc1. The lowest BCUT2D eigenvalue weighted by Gasteiger charge is -2.20. The van der Waals surface area contributed by atoms with Crippen LogP contribution in [0.3, 0.4) is 0 Å². The lowest BCUT2D eigenvalue weighted by Crippen LogP contribution is -1.93. The molecule has 0 saturated carbocycles. The van der Waals surface area contributed by atoms with Crippen LogP contribution < -0.4 is 0 Å². The Morgan fingerprint density at radius 3 is 1.24 bits per heavy atom. The largest absolute Gasteiger partial charge is 0.0836 e. The van der Waals surface area contributed by atoms with Gasteiger partial charge in [-0.05, 0) is 69.1 Å². The Balaban J connectivity index is 1.88. The van der Waals surface area contributed by atoms with Crippen molar-refractivity contribution in [1.82, 2.24) is 0 Å². The fourth-order valence-electron chi connectivity index (χ4n) is 5.08. The van der Waals surface area contributed by atoms with Crippen LogP contribution in [0.15, 0.2) is 84.9 Å². The molecule has 5 aromatic rings. The number of fused-ring (bicyclic) bond motifs is 2. The molecule has 0 aliphatic heterocycles. The van der Waals surface area contributed by atoms with Crippen LogP contribution in [0, 0.1) is 0 Å². The van der Waals surface area contributed by atoms with Crippen LogP contribution in [0.5, 0.6) is 0 Å². The van der Waals surface area contributed by atoms with Crippen molar-refractivity contribution in [2.45, 2.75) is 39.5 Å². The summed E-state index contributed by atoms with van der Waals surface area (Å²) in [5.41, 5.74) is 7.32. The van der Waals surface area contributed by atoms with Gasteiger partial charge in [-0.25, -0.2) is 0 Å². The average Bonchev–Trinajstić information content (AvgIpc) is 2.86. The number of halogens is 2. The van der Waals surface area contributed by atoms with E-state index in [2.05, 4.69) is 86.6 Å². The smallest absolute Gasteiger partial charge is 0.0492 e. The summed E-state index contributed by atoms with van der Waals surface area (Å²) in [7, 11) is 0. The molecule has 0 aliphatic rings. The Bertz CT molecular complexity index is 1350. The molecule has 0 radical (unpaired) electrons. The molecule has 2 heteroatoms. The molecule has 0 saturated heterocycles. The summed E-state index contributed by atoms with van der Waals surface area (Å²) in [4.78, 5) is 0. The van der Waals surface area contributed by atoms with E-state index in [1.807, 2.05) is 12.1 Å². The van der Waals surface area contributed by atoms with Crippen molar-refractivity contribution in [1.29, 1.82) is 0 Å². The summed E-state index contributed by atoms with van der Waals surface area (Å²) in [6, 6.07) is 30.3. The molecule has 0 heterocycles. The van der Waals surface area contributed by atoms with Gasteiger partial charge in [-0.15, -0.1) is 0 Å². The van der Waals surface area contributed by atoms with Crippen LogP contribution in [0.2, 0.25) is 10.0 Å². The first-order valence-corrected chi connectivity index (χ1v) is 12.9. The van der Waals surface area contributed by atoms with Gasteiger partial charge in [-0.2, -0.15) is 0 Å². The van der Waals surface area contributed by atoms with Gasteiger partial charge in [0.1, 0.15) is 0 Å². The van der Waals surface area contributed by atoms with E-state index in [-0.39, 0.29) is 0 Å². The van der Waals surface area contributed by atoms with Crippen molar-refractivity contribution >= 4 is 44.7 Å². The number of rotatable bonds is 6. The fraction of sp³-hybridized carbons (Fsp3) is 0.188. The van der Waals surface area contributed by atoms with Crippen molar-refractivity contribution in [2.24, 2.45) is 0 Å². The van der Waals surface area contributed by atoms with Crippen LogP contribution >= 0.6 is 23.2 Å². The molecular formula is C32H28Cl2. The summed E-state index contributed by atoms with van der Waals surface area (Å²) < 4.78 is 0. The van der Waals surface area contributed by atoms with E-state index in [4.69, 9.17) is 23.2 Å². The molecule has 0 aromatic heterocycles. The second-order valence-electron chi connectivity index (χ2n) is 8.97. The molecule has 0 nitrogen and oxygen atoms in total. The zero-order valence-electron chi connectivity index (χ0n) is 19.7. The predicted octanol–water partition coefficient (Wildman–Crippen LogP) is 10.5. The summed E-state index contributed by atoms with van der Waals surface area (Å²) in [6.07, 6.45) is 4.44. The van der Waals surface area contributed by atoms with Crippen LogP contribution in [0.4, 0.5) is 0 Å². The standard InChI is InChI=1S/C32H28Cl2/c1-3-7-21-11-15-23(16-12-21)29-25-9-5-6-10-26(25)30(24-17-13-22(8-4-2)14-18-24)32-28(34)20-19-27(33)31(29)32/h5-6,9-20H,3-4,7-8H2,1-2H3. The second-order valence-corrected chi connectivity index (χ2v) is 9.78. The number of hydrogen-bond acceptors (Lipinski definition) is 0. The molecular weight excluding hydrogens is 455 g/mol. The number of aryl methyl sites for hydroxylation is 2. The molecule has 5 rings (SSSR count). The summed E-state index contributed by atoms with van der Waals surface area (Å²) in [6.45, 7) is 4.43. The lowest BCUT2D eigenvalue weighted by atomic mass is 9.85. The fourth-order valence-corrected chi connectivity index (χ4v) is 5.59. The zero-order valence-corrected chi connectivity index (χ0v) is 21.2. The normalized spacial score (nSPS) is 11.4. The Kier molecular flexibility index (Phi) is 6.63. The molecule has 170 valence electrons. The third kappa shape index (κ3) is 4.11. The third-order valence-electron chi connectivity index (χ3n) is 6.63. The molecule has 0 spiro atoms. The molecule has 0 unspecified atom stereocenters. The maximum absolute atomic E-state index is 6.93. The number of benzene rings is 5. The minimum atomic E-state index is 0.724. The summed E-state index contributed by atoms with van der Waals surface area (Å²) in [5, 5.41) is 5.86. The maximum atomic E-state index is 6.93. The highest BCUT2D eigenvalue weighted by Crippen LogP contribution is 2.48. The molecule has 5 aromatic carbocycles. The van der Waals surface area contributed by atoms with Gasteiger partial charge in [0.25, 0.3) is 0 Å². The zero-order chi connectivity index (χ0) is 23.7. The first kappa shape index (κ1) is 23.0. The Morgan fingerprint density at radius 1 is 0.500 bits per heavy atom. The van der Waals surface area contributed by atoms with Crippen LogP contribution in [0.25, 0.3) is 43.8 Å². The average molecular weight is 483 g/mol. The van der Waals surface area contributed by atoms with Crippen LogP contribution in [0.1, 0.15) is 37.8 Å². The van der Waals surface area contributed by atoms with Gasteiger partial charge in [-0.3, -0.25) is 0 Å². The van der Waals surface area contributed by atoms with Crippen molar-refractivity contribution in [2.75, 3.05) is 0 Å². The molecule has 0 fully saturated rings. The van der Waals surface area contributed by atoms with Gasteiger partial charge in [0.2, 0.25) is 0 Å². The van der Waals surface area contributed by atoms with E-state index in [1.54, 1.807) is 0 Å². The minimum Gasteiger partial charge on any atom is -0.0836 e. The van der Waals surface area contributed by atoms with E-state index in [0.717, 1.165) is 68.8 Å². The van der Waals surface area contributed by atoms with Crippen LogP contribution in [-0.2, 0) is 12.8 Å². The van der Waals surface area contributed by atoms with E-state index in [0.29, 0.717) is 0 Å². The van der Waals surface area contributed by atoms with Crippen molar-refractivity contribution in [3.05, 3.63) is 106 Å². The van der Waals surface area contributed by atoms with Crippen molar-refractivity contribution in [3.8, 4) is 22.3 Å². The summed E-state index contributed by atoms with van der Waals surface area (Å²) >= 11 is 13.9. The highest BCUT2D eigenvalue weighted by atomic mass is 35.5. The Morgan fingerprint density at radius 2 is 0.882 bits per heavy atom. The molecule has 0 bridgehead atoms. The van der Waals surface area contributed by atoms with Gasteiger partial charge in [0, 0.05) is 20.8 Å². The summed E-state index contributed by atoms with van der Waals surface area (Å²) in [5.74, 6) is 0. The van der Waals surface area contributed by atoms with E-state index in [9.17, 15) is 0 Å². The van der Waals surface area contributed by atoms with Gasteiger partial charge in [0.05, 0.1) is 0 Å². The third-order valence-corrected chi connectivity index (χ3v) is 7.26. The quantitative estimate of drug-likeness (QED) is 0.211. The first-order chi connectivity index (χ1) is 16.6. The van der Waals surface area contributed by atoms with E-state index in [1.165, 1.54) is 21.9 Å². The first-order valence-electron chi connectivity index (χ1n) is 12.1. The maximum Gasteiger partial charge on any atom is 0.0492 e. The molecule has 0 atom stereocenters. The van der Waals surface area contributed by atoms with Gasteiger partial charge in [-0.1, -0.05) is 123 Å².